The van der Waals surface area contributed by atoms with E-state index < -0.39 is 10.0 Å². The molecule has 0 radical (unpaired) electrons. The summed E-state index contributed by atoms with van der Waals surface area (Å²) in [6.07, 6.45) is 0.724. The first-order valence-electron chi connectivity index (χ1n) is 7.32. The lowest BCUT2D eigenvalue weighted by molar-refractivity contribution is 0.353. The molecule has 2 aromatic rings. The number of methoxy groups -OCH3 is 2. The van der Waals surface area contributed by atoms with Crippen LogP contribution in [0.3, 0.4) is 0 Å². The molecule has 1 heterocycles. The van der Waals surface area contributed by atoms with Gasteiger partial charge in [0.2, 0.25) is 0 Å². The topological polar surface area (TPSA) is 55.8 Å². The quantitative estimate of drug-likeness (QED) is 0.863. The van der Waals surface area contributed by atoms with Crippen molar-refractivity contribution in [3.8, 4) is 11.5 Å². The van der Waals surface area contributed by atoms with Crippen LogP contribution in [-0.4, -0.2) is 29.2 Å². The molecule has 23 heavy (non-hydrogen) atoms. The molecular weight excluding hydrogens is 314 g/mol. The standard InChI is InChI=1S/C17H19NO4S/c1-12-10-15(21-2)16(22-3)11-17(12)23(19,20)18-9-8-13-6-4-5-7-14(13)18/h4-7,10-11H,8-9H2,1-3H3. The van der Waals surface area contributed by atoms with Gasteiger partial charge in [0.05, 0.1) is 24.8 Å². The second kappa shape index (κ2) is 5.77. The Bertz CT molecular complexity index is 846. The minimum absolute atomic E-state index is 0.242. The van der Waals surface area contributed by atoms with Crippen molar-refractivity contribution in [2.45, 2.75) is 18.2 Å². The Morgan fingerprint density at radius 2 is 1.70 bits per heavy atom. The third-order valence-corrected chi connectivity index (χ3v) is 6.05. The van der Waals surface area contributed by atoms with Crippen molar-refractivity contribution in [1.29, 1.82) is 0 Å². The number of ether oxygens (including phenoxy) is 2. The second-order valence-corrected chi connectivity index (χ2v) is 7.26. The van der Waals surface area contributed by atoms with Crippen LogP contribution < -0.4 is 13.8 Å². The molecule has 0 N–H and O–H groups in total. The van der Waals surface area contributed by atoms with Crippen LogP contribution >= 0.6 is 0 Å². The summed E-state index contributed by atoms with van der Waals surface area (Å²) < 4.78 is 38.2. The SMILES string of the molecule is COc1cc(C)c(S(=O)(=O)N2CCc3ccccc32)cc1OC. The predicted molar refractivity (Wildman–Crippen MR) is 89.0 cm³/mol. The van der Waals surface area contributed by atoms with Crippen molar-refractivity contribution >= 4 is 15.7 Å². The summed E-state index contributed by atoms with van der Waals surface area (Å²) in [6.45, 7) is 2.21. The minimum Gasteiger partial charge on any atom is -0.493 e. The summed E-state index contributed by atoms with van der Waals surface area (Å²) in [7, 11) is -0.618. The van der Waals surface area contributed by atoms with E-state index in [9.17, 15) is 8.42 Å². The lowest BCUT2D eigenvalue weighted by atomic mass is 10.2. The number of rotatable bonds is 4. The summed E-state index contributed by atoms with van der Waals surface area (Å²) in [6, 6.07) is 10.8. The highest BCUT2D eigenvalue weighted by Crippen LogP contribution is 2.37. The monoisotopic (exact) mass is 333 g/mol. The van der Waals surface area contributed by atoms with Gasteiger partial charge >= 0.3 is 0 Å². The van der Waals surface area contributed by atoms with Crippen LogP contribution in [0.4, 0.5) is 5.69 Å². The molecule has 0 bridgehead atoms. The Hall–Kier alpha value is -2.21. The molecule has 0 aromatic heterocycles. The summed E-state index contributed by atoms with van der Waals surface area (Å²) in [4.78, 5) is 0.242. The summed E-state index contributed by atoms with van der Waals surface area (Å²) >= 11 is 0. The average Bonchev–Trinajstić information content (AvgIpc) is 2.99. The maximum atomic E-state index is 13.1. The molecule has 2 aromatic carbocycles. The third kappa shape index (κ3) is 2.53. The second-order valence-electron chi connectivity index (χ2n) is 5.43. The van der Waals surface area contributed by atoms with E-state index in [1.165, 1.54) is 24.6 Å². The molecule has 0 saturated heterocycles. The Morgan fingerprint density at radius 1 is 1.04 bits per heavy atom. The molecule has 6 heteroatoms. The normalized spacial score (nSPS) is 13.8. The molecule has 1 aliphatic heterocycles. The number of nitrogens with zero attached hydrogens (tertiary/aromatic N) is 1. The minimum atomic E-state index is -3.64. The van der Waals surface area contributed by atoms with Gasteiger partial charge in [-0.25, -0.2) is 8.42 Å². The lowest BCUT2D eigenvalue weighted by Crippen LogP contribution is -2.29. The molecule has 0 aliphatic carbocycles. The van der Waals surface area contributed by atoms with Gasteiger partial charge in [0.15, 0.2) is 11.5 Å². The maximum Gasteiger partial charge on any atom is 0.264 e. The number of fused-ring (bicyclic) bond motifs is 1. The van der Waals surface area contributed by atoms with Gasteiger partial charge in [0.25, 0.3) is 10.0 Å². The van der Waals surface area contributed by atoms with Crippen molar-refractivity contribution in [2.75, 3.05) is 25.1 Å². The Kier molecular flexibility index (Phi) is 3.93. The summed E-state index contributed by atoms with van der Waals surface area (Å²) in [5.74, 6) is 0.926. The average molecular weight is 333 g/mol. The fraction of sp³-hybridized carbons (Fsp3) is 0.294. The van der Waals surface area contributed by atoms with Crippen LogP contribution in [0.25, 0.3) is 0 Å². The van der Waals surface area contributed by atoms with Crippen LogP contribution in [-0.2, 0) is 16.4 Å². The van der Waals surface area contributed by atoms with Gasteiger partial charge in [0, 0.05) is 12.6 Å². The lowest BCUT2D eigenvalue weighted by Gasteiger charge is -2.21. The van der Waals surface area contributed by atoms with E-state index in [0.29, 0.717) is 23.6 Å². The Labute approximate surface area is 136 Å². The van der Waals surface area contributed by atoms with Gasteiger partial charge in [0.1, 0.15) is 0 Å². The number of para-hydroxylation sites is 1. The molecule has 0 unspecified atom stereocenters. The van der Waals surface area contributed by atoms with E-state index in [-0.39, 0.29) is 4.90 Å². The first kappa shape index (κ1) is 15.7. The number of anilines is 1. The zero-order valence-electron chi connectivity index (χ0n) is 13.4. The van der Waals surface area contributed by atoms with Crippen LogP contribution in [0.15, 0.2) is 41.3 Å². The van der Waals surface area contributed by atoms with Crippen molar-refractivity contribution in [2.24, 2.45) is 0 Å². The van der Waals surface area contributed by atoms with Crippen molar-refractivity contribution in [3.05, 3.63) is 47.5 Å². The van der Waals surface area contributed by atoms with E-state index in [4.69, 9.17) is 9.47 Å². The van der Waals surface area contributed by atoms with E-state index in [1.54, 1.807) is 13.0 Å². The third-order valence-electron chi connectivity index (χ3n) is 4.09. The summed E-state index contributed by atoms with van der Waals surface area (Å²) in [5.41, 5.74) is 2.43. The van der Waals surface area contributed by atoms with Gasteiger partial charge in [-0.1, -0.05) is 18.2 Å². The number of aryl methyl sites for hydroxylation is 1. The van der Waals surface area contributed by atoms with E-state index >= 15 is 0 Å². The van der Waals surface area contributed by atoms with Crippen LogP contribution in [0.1, 0.15) is 11.1 Å². The van der Waals surface area contributed by atoms with Gasteiger partial charge in [-0.05, 0) is 36.6 Å². The molecule has 1 aliphatic rings. The zero-order valence-corrected chi connectivity index (χ0v) is 14.2. The fourth-order valence-corrected chi connectivity index (χ4v) is 4.64. The highest BCUT2D eigenvalue weighted by Gasteiger charge is 2.32. The van der Waals surface area contributed by atoms with Crippen molar-refractivity contribution in [3.63, 3.8) is 0 Å². The largest absolute Gasteiger partial charge is 0.493 e. The van der Waals surface area contributed by atoms with Crippen molar-refractivity contribution < 1.29 is 17.9 Å². The van der Waals surface area contributed by atoms with E-state index in [1.807, 2.05) is 24.3 Å². The van der Waals surface area contributed by atoms with Crippen LogP contribution in [0, 0.1) is 6.92 Å². The first-order chi connectivity index (χ1) is 11.0. The smallest absolute Gasteiger partial charge is 0.264 e. The molecule has 0 saturated carbocycles. The highest BCUT2D eigenvalue weighted by molar-refractivity contribution is 7.93. The number of sulfonamides is 1. The fourth-order valence-electron chi connectivity index (χ4n) is 2.92. The molecule has 5 nitrogen and oxygen atoms in total. The summed E-state index contributed by atoms with van der Waals surface area (Å²) in [5, 5.41) is 0. The number of hydrogen-bond donors (Lipinski definition) is 0. The number of hydrogen-bond acceptors (Lipinski definition) is 4. The molecule has 3 rings (SSSR count). The van der Waals surface area contributed by atoms with Crippen LogP contribution in [0.2, 0.25) is 0 Å². The van der Waals surface area contributed by atoms with Gasteiger partial charge in [-0.15, -0.1) is 0 Å². The molecular formula is C17H19NO4S. The van der Waals surface area contributed by atoms with Crippen LogP contribution in [0.5, 0.6) is 11.5 Å². The molecule has 0 atom stereocenters. The zero-order chi connectivity index (χ0) is 16.6. The predicted octanol–water partition coefficient (Wildman–Crippen LogP) is 2.76. The molecule has 0 fully saturated rings. The first-order valence-corrected chi connectivity index (χ1v) is 8.76. The Morgan fingerprint density at radius 3 is 2.39 bits per heavy atom. The number of benzene rings is 2. The Balaban J connectivity index is 2.11. The van der Waals surface area contributed by atoms with Crippen molar-refractivity contribution in [1.82, 2.24) is 0 Å². The van der Waals surface area contributed by atoms with E-state index in [2.05, 4.69) is 0 Å². The van der Waals surface area contributed by atoms with Gasteiger partial charge < -0.3 is 9.47 Å². The van der Waals surface area contributed by atoms with E-state index in [0.717, 1.165) is 17.7 Å². The highest BCUT2D eigenvalue weighted by atomic mass is 32.2. The molecule has 0 amide bonds. The molecule has 122 valence electrons. The maximum absolute atomic E-state index is 13.1. The molecule has 0 spiro atoms. The van der Waals surface area contributed by atoms with Gasteiger partial charge in [-0.3, -0.25) is 4.31 Å². The van der Waals surface area contributed by atoms with Gasteiger partial charge in [-0.2, -0.15) is 0 Å².